The fourth-order valence-electron chi connectivity index (χ4n) is 1.91. The molecule has 0 bridgehead atoms. The van der Waals surface area contributed by atoms with Gasteiger partial charge in [-0.3, -0.25) is 9.78 Å². The smallest absolute Gasteiger partial charge is 0.271 e. The molecule has 5 heteroatoms. The predicted molar refractivity (Wildman–Crippen MR) is 64.7 cm³/mol. The number of nitrogens with one attached hydrogen (secondary N) is 2. The van der Waals surface area contributed by atoms with Crippen molar-refractivity contribution in [2.75, 3.05) is 13.1 Å². The molecule has 1 aromatic rings. The van der Waals surface area contributed by atoms with E-state index in [9.17, 15) is 4.79 Å². The third kappa shape index (κ3) is 3.49. The molecule has 0 saturated carbocycles. The van der Waals surface area contributed by atoms with Gasteiger partial charge in [-0.2, -0.15) is 0 Å². The van der Waals surface area contributed by atoms with Gasteiger partial charge in [-0.15, -0.1) is 0 Å². The van der Waals surface area contributed by atoms with Gasteiger partial charge >= 0.3 is 0 Å². The summed E-state index contributed by atoms with van der Waals surface area (Å²) >= 11 is 0. The van der Waals surface area contributed by atoms with E-state index in [1.807, 2.05) is 6.92 Å². The summed E-state index contributed by atoms with van der Waals surface area (Å²) in [6.07, 6.45) is 6.49. The van der Waals surface area contributed by atoms with Gasteiger partial charge in [0.05, 0.1) is 11.9 Å². The maximum absolute atomic E-state index is 11.9. The summed E-state index contributed by atoms with van der Waals surface area (Å²) in [5.41, 5.74) is 1.21. The van der Waals surface area contributed by atoms with Crippen molar-refractivity contribution >= 4 is 5.91 Å². The molecule has 0 radical (unpaired) electrons. The largest absolute Gasteiger partial charge is 0.347 e. The molecule has 1 atom stereocenters. The second-order valence-corrected chi connectivity index (χ2v) is 4.41. The zero-order chi connectivity index (χ0) is 12.1. The summed E-state index contributed by atoms with van der Waals surface area (Å²) < 4.78 is 0. The van der Waals surface area contributed by atoms with Crippen molar-refractivity contribution in [1.82, 2.24) is 20.6 Å². The quantitative estimate of drug-likeness (QED) is 0.788. The number of aromatic nitrogens is 2. The molecule has 2 rings (SSSR count). The molecule has 0 aromatic carbocycles. The molecule has 1 unspecified atom stereocenters. The Bertz CT molecular complexity index is 369. The third-order valence-corrected chi connectivity index (χ3v) is 2.90. The van der Waals surface area contributed by atoms with Crippen molar-refractivity contribution in [1.29, 1.82) is 0 Å². The Hall–Kier alpha value is -1.49. The summed E-state index contributed by atoms with van der Waals surface area (Å²) in [5, 5.41) is 6.30. The first-order chi connectivity index (χ1) is 8.25. The minimum Gasteiger partial charge on any atom is -0.347 e. The number of aryl methyl sites for hydroxylation is 1. The van der Waals surface area contributed by atoms with E-state index in [0.717, 1.165) is 31.6 Å². The molecule has 1 fully saturated rings. The summed E-state index contributed by atoms with van der Waals surface area (Å²) in [4.78, 5) is 20.0. The number of carbonyl (C=O) groups is 1. The monoisotopic (exact) mass is 234 g/mol. The Morgan fingerprint density at radius 3 is 3.06 bits per heavy atom. The van der Waals surface area contributed by atoms with E-state index in [2.05, 4.69) is 20.6 Å². The Balaban J connectivity index is 1.93. The van der Waals surface area contributed by atoms with Crippen LogP contribution in [-0.2, 0) is 0 Å². The summed E-state index contributed by atoms with van der Waals surface area (Å²) in [6.45, 7) is 3.73. The van der Waals surface area contributed by atoms with E-state index in [1.165, 1.54) is 12.6 Å². The highest BCUT2D eigenvalue weighted by Gasteiger charge is 2.16. The van der Waals surface area contributed by atoms with Gasteiger partial charge in [-0.1, -0.05) is 6.42 Å². The van der Waals surface area contributed by atoms with Gasteiger partial charge in [0.15, 0.2) is 0 Å². The fraction of sp³-hybridized carbons (Fsp3) is 0.583. The van der Waals surface area contributed by atoms with Crippen LogP contribution in [-0.4, -0.2) is 35.0 Å². The van der Waals surface area contributed by atoms with Crippen LogP contribution in [0, 0.1) is 6.92 Å². The zero-order valence-corrected chi connectivity index (χ0v) is 10.1. The first kappa shape index (κ1) is 12.0. The number of rotatable bonds is 2. The summed E-state index contributed by atoms with van der Waals surface area (Å²) in [5.74, 6) is -0.133. The van der Waals surface area contributed by atoms with E-state index in [1.54, 1.807) is 6.20 Å². The number of nitrogens with zero attached hydrogens (tertiary/aromatic N) is 2. The van der Waals surface area contributed by atoms with Crippen LogP contribution in [0.4, 0.5) is 0 Å². The minimum absolute atomic E-state index is 0.133. The lowest BCUT2D eigenvalue weighted by Gasteiger charge is -2.15. The van der Waals surface area contributed by atoms with Crippen LogP contribution >= 0.6 is 0 Å². The SMILES string of the molecule is Cc1cnc(C(=O)NC2CCCCNC2)cn1. The molecule has 1 amide bonds. The van der Waals surface area contributed by atoms with E-state index >= 15 is 0 Å². The van der Waals surface area contributed by atoms with E-state index in [-0.39, 0.29) is 11.9 Å². The average molecular weight is 234 g/mol. The molecule has 0 aliphatic carbocycles. The Labute approximate surface area is 101 Å². The number of hydrogen-bond donors (Lipinski definition) is 2. The molecular weight excluding hydrogens is 216 g/mol. The lowest BCUT2D eigenvalue weighted by atomic mass is 10.1. The van der Waals surface area contributed by atoms with Crippen LogP contribution in [0.15, 0.2) is 12.4 Å². The van der Waals surface area contributed by atoms with Crippen molar-refractivity contribution < 1.29 is 4.79 Å². The standard InChI is InChI=1S/C12H18N4O/c1-9-6-15-11(8-14-9)12(17)16-10-4-2-3-5-13-7-10/h6,8,10,13H,2-5,7H2,1H3,(H,16,17). The molecule has 0 spiro atoms. The number of amides is 1. The molecule has 1 aromatic heterocycles. The van der Waals surface area contributed by atoms with Crippen LogP contribution in [0.25, 0.3) is 0 Å². The van der Waals surface area contributed by atoms with E-state index in [4.69, 9.17) is 0 Å². The van der Waals surface area contributed by atoms with Crippen LogP contribution in [0.3, 0.4) is 0 Å². The highest BCUT2D eigenvalue weighted by Crippen LogP contribution is 2.05. The van der Waals surface area contributed by atoms with Gasteiger partial charge in [-0.05, 0) is 26.3 Å². The van der Waals surface area contributed by atoms with Crippen molar-refractivity contribution in [3.05, 3.63) is 23.8 Å². The van der Waals surface area contributed by atoms with Gasteiger partial charge in [0.1, 0.15) is 5.69 Å². The highest BCUT2D eigenvalue weighted by atomic mass is 16.1. The van der Waals surface area contributed by atoms with Crippen molar-refractivity contribution in [3.63, 3.8) is 0 Å². The van der Waals surface area contributed by atoms with Crippen LogP contribution in [0.2, 0.25) is 0 Å². The number of carbonyl (C=O) groups excluding carboxylic acids is 1. The molecule has 2 heterocycles. The van der Waals surface area contributed by atoms with Crippen molar-refractivity contribution in [3.8, 4) is 0 Å². The molecule has 5 nitrogen and oxygen atoms in total. The molecule has 92 valence electrons. The van der Waals surface area contributed by atoms with E-state index < -0.39 is 0 Å². The Morgan fingerprint density at radius 2 is 2.29 bits per heavy atom. The third-order valence-electron chi connectivity index (χ3n) is 2.90. The second kappa shape index (κ2) is 5.72. The Kier molecular flexibility index (Phi) is 4.03. The first-order valence-corrected chi connectivity index (χ1v) is 6.06. The van der Waals surface area contributed by atoms with Gasteiger partial charge < -0.3 is 10.6 Å². The van der Waals surface area contributed by atoms with Crippen LogP contribution < -0.4 is 10.6 Å². The number of hydrogen-bond acceptors (Lipinski definition) is 4. The fourth-order valence-corrected chi connectivity index (χ4v) is 1.91. The summed E-state index contributed by atoms with van der Waals surface area (Å²) in [6, 6.07) is 0.202. The molecule has 17 heavy (non-hydrogen) atoms. The van der Waals surface area contributed by atoms with Crippen molar-refractivity contribution in [2.45, 2.75) is 32.2 Å². The maximum Gasteiger partial charge on any atom is 0.271 e. The molecule has 1 saturated heterocycles. The Morgan fingerprint density at radius 1 is 1.41 bits per heavy atom. The predicted octanol–water partition coefficient (Wildman–Crippen LogP) is 0.657. The maximum atomic E-state index is 11.9. The minimum atomic E-state index is -0.133. The average Bonchev–Trinajstić information content (AvgIpc) is 2.58. The van der Waals surface area contributed by atoms with Crippen LogP contribution in [0.5, 0.6) is 0 Å². The first-order valence-electron chi connectivity index (χ1n) is 6.06. The van der Waals surface area contributed by atoms with Crippen LogP contribution in [0.1, 0.15) is 35.4 Å². The normalized spacial score (nSPS) is 20.6. The molecule has 1 aliphatic rings. The zero-order valence-electron chi connectivity index (χ0n) is 10.1. The second-order valence-electron chi connectivity index (χ2n) is 4.41. The van der Waals surface area contributed by atoms with E-state index in [0.29, 0.717) is 5.69 Å². The van der Waals surface area contributed by atoms with Gasteiger partial charge in [0, 0.05) is 18.8 Å². The van der Waals surface area contributed by atoms with Gasteiger partial charge in [0.25, 0.3) is 5.91 Å². The molecule has 2 N–H and O–H groups in total. The van der Waals surface area contributed by atoms with Crippen molar-refractivity contribution in [2.24, 2.45) is 0 Å². The summed E-state index contributed by atoms with van der Waals surface area (Å²) in [7, 11) is 0. The molecule has 1 aliphatic heterocycles. The molecular formula is C12H18N4O. The highest BCUT2D eigenvalue weighted by molar-refractivity contribution is 5.92. The lowest BCUT2D eigenvalue weighted by molar-refractivity contribution is 0.0930. The topological polar surface area (TPSA) is 66.9 Å². The lowest BCUT2D eigenvalue weighted by Crippen LogP contribution is -2.41. The van der Waals surface area contributed by atoms with Gasteiger partial charge in [-0.25, -0.2) is 4.98 Å². The van der Waals surface area contributed by atoms with Gasteiger partial charge in [0.2, 0.25) is 0 Å².